The molecule has 1 rings (SSSR count). The van der Waals surface area contributed by atoms with Crippen LogP contribution in [0.3, 0.4) is 0 Å². The highest BCUT2D eigenvalue weighted by atomic mass is 16.3. The first-order chi connectivity index (χ1) is 6.65. The molecule has 1 fully saturated rings. The maximum absolute atomic E-state index is 8.96. The quantitative estimate of drug-likeness (QED) is 0.726. The molecule has 0 spiro atoms. The first-order valence-electron chi connectivity index (χ1n) is 5.99. The Labute approximate surface area is 88.1 Å². The average molecular weight is 199 g/mol. The molecule has 1 saturated carbocycles. The maximum Gasteiger partial charge on any atom is 0.0468 e. The fraction of sp³-hybridized carbons (Fsp3) is 1.00. The first-order valence-corrected chi connectivity index (χ1v) is 5.99. The van der Waals surface area contributed by atoms with E-state index < -0.39 is 0 Å². The highest BCUT2D eigenvalue weighted by Gasteiger charge is 2.27. The Kier molecular flexibility index (Phi) is 4.90. The van der Waals surface area contributed by atoms with Gasteiger partial charge >= 0.3 is 0 Å². The molecule has 3 atom stereocenters. The highest BCUT2D eigenvalue weighted by molar-refractivity contribution is 4.83. The Morgan fingerprint density at radius 1 is 1.29 bits per heavy atom. The number of nitrogens with one attached hydrogen (secondary N) is 1. The van der Waals surface area contributed by atoms with Crippen LogP contribution in [0.25, 0.3) is 0 Å². The van der Waals surface area contributed by atoms with Gasteiger partial charge in [0.25, 0.3) is 0 Å². The van der Waals surface area contributed by atoms with E-state index in [0.717, 1.165) is 18.4 Å². The molecule has 0 heterocycles. The van der Waals surface area contributed by atoms with E-state index in [4.69, 9.17) is 5.11 Å². The van der Waals surface area contributed by atoms with E-state index in [2.05, 4.69) is 26.1 Å². The molecule has 0 aromatic rings. The van der Waals surface area contributed by atoms with Gasteiger partial charge in [0.2, 0.25) is 0 Å². The summed E-state index contributed by atoms with van der Waals surface area (Å²) in [6.45, 7) is 8.03. The molecule has 2 heteroatoms. The summed E-state index contributed by atoms with van der Waals surface area (Å²) in [4.78, 5) is 0. The summed E-state index contributed by atoms with van der Waals surface area (Å²) in [5, 5.41) is 12.6. The average Bonchev–Trinajstić information content (AvgIpc) is 2.16. The number of hydrogen-bond acceptors (Lipinski definition) is 2. The smallest absolute Gasteiger partial charge is 0.0468 e. The van der Waals surface area contributed by atoms with Crippen LogP contribution in [0, 0.1) is 17.8 Å². The van der Waals surface area contributed by atoms with Crippen molar-refractivity contribution in [1.82, 2.24) is 5.32 Å². The van der Waals surface area contributed by atoms with Crippen molar-refractivity contribution in [3.8, 4) is 0 Å². The molecule has 84 valence electrons. The van der Waals surface area contributed by atoms with Gasteiger partial charge in [0.1, 0.15) is 0 Å². The van der Waals surface area contributed by atoms with Gasteiger partial charge in [-0.2, -0.15) is 0 Å². The number of aliphatic hydroxyl groups is 1. The van der Waals surface area contributed by atoms with E-state index in [0.29, 0.717) is 18.6 Å². The summed E-state index contributed by atoms with van der Waals surface area (Å²) < 4.78 is 0. The van der Waals surface area contributed by atoms with Crippen LogP contribution >= 0.6 is 0 Å². The third-order valence-corrected chi connectivity index (χ3v) is 3.56. The lowest BCUT2D eigenvalue weighted by Gasteiger charge is -2.36. The predicted molar refractivity (Wildman–Crippen MR) is 60.2 cm³/mol. The first kappa shape index (κ1) is 12.0. The zero-order chi connectivity index (χ0) is 10.6. The molecule has 0 radical (unpaired) electrons. The van der Waals surface area contributed by atoms with Crippen molar-refractivity contribution < 1.29 is 5.11 Å². The second-order valence-corrected chi connectivity index (χ2v) is 5.11. The fourth-order valence-electron chi connectivity index (χ4n) is 2.49. The fourth-order valence-corrected chi connectivity index (χ4v) is 2.49. The van der Waals surface area contributed by atoms with Crippen LogP contribution in [-0.4, -0.2) is 24.3 Å². The van der Waals surface area contributed by atoms with Crippen molar-refractivity contribution in [3.05, 3.63) is 0 Å². The third-order valence-electron chi connectivity index (χ3n) is 3.56. The Hall–Kier alpha value is -0.0800. The van der Waals surface area contributed by atoms with Crippen LogP contribution in [0.2, 0.25) is 0 Å². The summed E-state index contributed by atoms with van der Waals surface area (Å²) in [5.41, 5.74) is 0. The van der Waals surface area contributed by atoms with E-state index >= 15 is 0 Å². The Bertz CT molecular complexity index is 150. The zero-order valence-corrected chi connectivity index (χ0v) is 9.79. The Morgan fingerprint density at radius 3 is 2.36 bits per heavy atom. The van der Waals surface area contributed by atoms with E-state index in [1.165, 1.54) is 19.3 Å². The van der Waals surface area contributed by atoms with Gasteiger partial charge in [0, 0.05) is 19.2 Å². The molecular formula is C12H25NO. The summed E-state index contributed by atoms with van der Waals surface area (Å²) in [7, 11) is 0. The zero-order valence-electron chi connectivity index (χ0n) is 9.79. The molecule has 1 aliphatic carbocycles. The molecule has 0 bridgehead atoms. The van der Waals surface area contributed by atoms with Gasteiger partial charge in [-0.25, -0.2) is 0 Å². The lowest BCUT2D eigenvalue weighted by molar-refractivity contribution is 0.182. The van der Waals surface area contributed by atoms with Gasteiger partial charge in [-0.3, -0.25) is 0 Å². The van der Waals surface area contributed by atoms with Gasteiger partial charge < -0.3 is 10.4 Å². The van der Waals surface area contributed by atoms with Gasteiger partial charge in [-0.05, 0) is 30.6 Å². The molecule has 0 aromatic carbocycles. The van der Waals surface area contributed by atoms with Crippen molar-refractivity contribution in [3.63, 3.8) is 0 Å². The molecular weight excluding hydrogens is 174 g/mol. The highest BCUT2D eigenvalue weighted by Crippen LogP contribution is 2.28. The van der Waals surface area contributed by atoms with E-state index in [1.807, 2.05) is 0 Å². The Morgan fingerprint density at radius 2 is 1.86 bits per heavy atom. The standard InChI is InChI=1S/C12H25NO/c1-9(8-14)7-13-12-10(2)5-4-6-11(12)3/h9-14H,4-8H2,1-3H3. The lowest BCUT2D eigenvalue weighted by Crippen LogP contribution is -2.44. The molecule has 0 aromatic heterocycles. The van der Waals surface area contributed by atoms with Crippen LogP contribution in [0.5, 0.6) is 0 Å². The summed E-state index contributed by atoms with van der Waals surface area (Å²) in [6.07, 6.45) is 4.10. The molecule has 14 heavy (non-hydrogen) atoms. The SMILES string of the molecule is CC(CO)CNC1C(C)CCCC1C. The van der Waals surface area contributed by atoms with Crippen LogP contribution in [0.1, 0.15) is 40.0 Å². The minimum Gasteiger partial charge on any atom is -0.396 e. The second kappa shape index (κ2) is 5.72. The van der Waals surface area contributed by atoms with Gasteiger partial charge in [-0.15, -0.1) is 0 Å². The largest absolute Gasteiger partial charge is 0.396 e. The van der Waals surface area contributed by atoms with Crippen molar-refractivity contribution in [1.29, 1.82) is 0 Å². The van der Waals surface area contributed by atoms with Gasteiger partial charge in [0.15, 0.2) is 0 Å². The lowest BCUT2D eigenvalue weighted by atomic mass is 9.78. The molecule has 1 aliphatic rings. The monoisotopic (exact) mass is 199 g/mol. The molecule has 2 nitrogen and oxygen atoms in total. The summed E-state index contributed by atoms with van der Waals surface area (Å²) in [5.74, 6) is 1.98. The van der Waals surface area contributed by atoms with Crippen LogP contribution in [-0.2, 0) is 0 Å². The normalized spacial score (nSPS) is 35.6. The number of hydrogen-bond donors (Lipinski definition) is 2. The van der Waals surface area contributed by atoms with Crippen LogP contribution in [0.15, 0.2) is 0 Å². The number of aliphatic hydroxyl groups excluding tert-OH is 1. The summed E-state index contributed by atoms with van der Waals surface area (Å²) >= 11 is 0. The van der Waals surface area contributed by atoms with Gasteiger partial charge in [0.05, 0.1) is 0 Å². The van der Waals surface area contributed by atoms with Crippen molar-refractivity contribution in [2.75, 3.05) is 13.2 Å². The molecule has 0 amide bonds. The maximum atomic E-state index is 8.96. The minimum atomic E-state index is 0.294. The van der Waals surface area contributed by atoms with Gasteiger partial charge in [-0.1, -0.05) is 27.2 Å². The molecule has 2 N–H and O–H groups in total. The van der Waals surface area contributed by atoms with E-state index in [9.17, 15) is 0 Å². The van der Waals surface area contributed by atoms with Crippen LogP contribution in [0.4, 0.5) is 0 Å². The molecule has 3 unspecified atom stereocenters. The van der Waals surface area contributed by atoms with Crippen molar-refractivity contribution in [2.24, 2.45) is 17.8 Å². The van der Waals surface area contributed by atoms with Crippen molar-refractivity contribution >= 4 is 0 Å². The topological polar surface area (TPSA) is 32.3 Å². The predicted octanol–water partition coefficient (Wildman–Crippen LogP) is 2.03. The van der Waals surface area contributed by atoms with Crippen molar-refractivity contribution in [2.45, 2.75) is 46.1 Å². The van der Waals surface area contributed by atoms with E-state index in [-0.39, 0.29) is 0 Å². The minimum absolute atomic E-state index is 0.294. The van der Waals surface area contributed by atoms with Crippen LogP contribution < -0.4 is 5.32 Å². The number of rotatable bonds is 4. The molecule has 0 aliphatic heterocycles. The third kappa shape index (κ3) is 3.25. The second-order valence-electron chi connectivity index (χ2n) is 5.11. The van der Waals surface area contributed by atoms with E-state index in [1.54, 1.807) is 0 Å². The molecule has 0 saturated heterocycles. The summed E-state index contributed by atoms with van der Waals surface area (Å²) in [6, 6.07) is 0.665. The Balaban J connectivity index is 2.32.